The predicted octanol–water partition coefficient (Wildman–Crippen LogP) is 4.82. The maximum atomic E-state index is 13.1. The van der Waals surface area contributed by atoms with E-state index in [4.69, 9.17) is 4.74 Å². The van der Waals surface area contributed by atoms with Crippen molar-refractivity contribution in [1.29, 1.82) is 0 Å². The van der Waals surface area contributed by atoms with Crippen LogP contribution in [0.3, 0.4) is 0 Å². The van der Waals surface area contributed by atoms with E-state index >= 15 is 0 Å². The molecule has 0 bridgehead atoms. The van der Waals surface area contributed by atoms with Gasteiger partial charge >= 0.3 is 5.97 Å². The number of ether oxygens (including phenoxy) is 1. The number of benzene rings is 2. The second kappa shape index (κ2) is 10.3. The van der Waals surface area contributed by atoms with Gasteiger partial charge in [-0.1, -0.05) is 62.2 Å². The summed E-state index contributed by atoms with van der Waals surface area (Å²) in [5.74, 6) is -0.464. The van der Waals surface area contributed by atoms with E-state index in [1.807, 2.05) is 6.07 Å². The first-order valence-electron chi connectivity index (χ1n) is 12.9. The van der Waals surface area contributed by atoms with Crippen molar-refractivity contribution in [3.05, 3.63) is 65.7 Å². The Hall–Kier alpha value is -2.99. The molecule has 2 aliphatic heterocycles. The van der Waals surface area contributed by atoms with Crippen LogP contribution in [0.15, 0.2) is 54.6 Å². The second-order valence-corrected chi connectivity index (χ2v) is 10.4. The van der Waals surface area contributed by atoms with Crippen LogP contribution in [-0.2, 0) is 20.9 Å². The third-order valence-electron chi connectivity index (χ3n) is 7.88. The van der Waals surface area contributed by atoms with Crippen LogP contribution in [0, 0.1) is 17.8 Å². The fourth-order valence-electron chi connectivity index (χ4n) is 6.18. The minimum Gasteiger partial charge on any atom is -0.462 e. The van der Waals surface area contributed by atoms with Gasteiger partial charge in [0.25, 0.3) is 0 Å². The van der Waals surface area contributed by atoms with Crippen LogP contribution in [0.1, 0.15) is 61.4 Å². The van der Waals surface area contributed by atoms with Crippen molar-refractivity contribution >= 4 is 23.5 Å². The maximum Gasteiger partial charge on any atom is 0.340 e. The summed E-state index contributed by atoms with van der Waals surface area (Å²) in [5, 5.41) is 0. The fourth-order valence-corrected chi connectivity index (χ4v) is 6.18. The van der Waals surface area contributed by atoms with Gasteiger partial charge in [-0.15, -0.1) is 0 Å². The van der Waals surface area contributed by atoms with E-state index in [0.717, 1.165) is 24.4 Å². The number of esters is 1. The second-order valence-electron chi connectivity index (χ2n) is 10.4. The number of carbonyl (C=O) groups is 3. The van der Waals surface area contributed by atoms with Crippen LogP contribution in [0.5, 0.6) is 0 Å². The summed E-state index contributed by atoms with van der Waals surface area (Å²) < 4.78 is 5.83. The molecule has 2 heterocycles. The average Bonchev–Trinajstić information content (AvgIpc) is 3.13. The molecule has 1 unspecified atom stereocenters. The van der Waals surface area contributed by atoms with Gasteiger partial charge < -0.3 is 4.74 Å². The largest absolute Gasteiger partial charge is 0.462 e. The highest BCUT2D eigenvalue weighted by molar-refractivity contribution is 6.22. The number of para-hydroxylation sites is 1. The van der Waals surface area contributed by atoms with Crippen LogP contribution in [-0.4, -0.2) is 41.9 Å². The van der Waals surface area contributed by atoms with Crippen molar-refractivity contribution in [3.8, 4) is 0 Å². The molecule has 3 aliphatic rings. The molecule has 3 fully saturated rings. The van der Waals surface area contributed by atoms with Crippen LogP contribution in [0.2, 0.25) is 0 Å². The molecule has 184 valence electrons. The first kappa shape index (κ1) is 23.7. The normalized spacial score (nSPS) is 27.1. The van der Waals surface area contributed by atoms with E-state index in [-0.39, 0.29) is 35.6 Å². The molecule has 2 amide bonds. The van der Waals surface area contributed by atoms with Gasteiger partial charge in [-0.25, -0.2) is 9.69 Å². The van der Waals surface area contributed by atoms with Gasteiger partial charge in [0.2, 0.25) is 11.8 Å². The highest BCUT2D eigenvalue weighted by atomic mass is 16.5. The zero-order chi connectivity index (χ0) is 24.4. The number of rotatable bonds is 6. The van der Waals surface area contributed by atoms with Crippen molar-refractivity contribution in [2.24, 2.45) is 17.8 Å². The molecular formula is C29H34N2O4. The summed E-state index contributed by atoms with van der Waals surface area (Å²) in [6, 6.07) is 18.0. The Morgan fingerprint density at radius 3 is 2.51 bits per heavy atom. The molecule has 6 nitrogen and oxygen atoms in total. The lowest BCUT2D eigenvalue weighted by Crippen LogP contribution is -2.50. The number of fused-ring (bicyclic) bond motifs is 1. The summed E-state index contributed by atoms with van der Waals surface area (Å²) in [6.45, 7) is 3.92. The fraction of sp³-hybridized carbons (Fsp3) is 0.483. The molecule has 4 atom stereocenters. The molecule has 0 spiro atoms. The minimum atomic E-state index is -0.471. The number of likely N-dealkylation sites (tertiary alicyclic amines) is 1. The van der Waals surface area contributed by atoms with Gasteiger partial charge in [0.15, 0.2) is 0 Å². The quantitative estimate of drug-likeness (QED) is 0.443. The average molecular weight is 475 g/mol. The van der Waals surface area contributed by atoms with E-state index in [9.17, 15) is 14.4 Å². The van der Waals surface area contributed by atoms with Crippen molar-refractivity contribution in [3.63, 3.8) is 0 Å². The van der Waals surface area contributed by atoms with E-state index in [1.54, 1.807) is 31.2 Å². The Morgan fingerprint density at radius 1 is 1.00 bits per heavy atom. The topological polar surface area (TPSA) is 66.9 Å². The predicted molar refractivity (Wildman–Crippen MR) is 134 cm³/mol. The summed E-state index contributed by atoms with van der Waals surface area (Å²) in [6.07, 6.45) is 6.29. The number of amides is 2. The number of hydrogen-bond donors (Lipinski definition) is 0. The zero-order valence-electron chi connectivity index (χ0n) is 20.4. The Morgan fingerprint density at radius 2 is 1.74 bits per heavy atom. The van der Waals surface area contributed by atoms with Gasteiger partial charge in [-0.05, 0) is 42.9 Å². The number of piperidine rings is 1. The van der Waals surface area contributed by atoms with E-state index in [0.29, 0.717) is 24.3 Å². The lowest BCUT2D eigenvalue weighted by molar-refractivity contribution is -0.122. The zero-order valence-corrected chi connectivity index (χ0v) is 20.4. The van der Waals surface area contributed by atoms with E-state index in [2.05, 4.69) is 29.2 Å². The van der Waals surface area contributed by atoms with Gasteiger partial charge in [0.05, 0.1) is 17.9 Å². The maximum absolute atomic E-state index is 13.1. The van der Waals surface area contributed by atoms with Crippen LogP contribution in [0.4, 0.5) is 5.69 Å². The van der Waals surface area contributed by atoms with Crippen LogP contribution >= 0.6 is 0 Å². The molecule has 6 heteroatoms. The van der Waals surface area contributed by atoms with Gasteiger partial charge in [-0.3, -0.25) is 14.5 Å². The number of carbonyl (C=O) groups excluding carboxylic acids is 3. The highest BCUT2D eigenvalue weighted by Gasteiger charge is 2.40. The summed E-state index contributed by atoms with van der Waals surface area (Å²) in [4.78, 5) is 41.9. The van der Waals surface area contributed by atoms with Crippen molar-refractivity contribution in [2.45, 2.75) is 58.0 Å². The Balaban J connectivity index is 1.28. The Kier molecular flexibility index (Phi) is 7.00. The smallest absolute Gasteiger partial charge is 0.340 e. The third-order valence-corrected chi connectivity index (χ3v) is 7.88. The summed E-state index contributed by atoms with van der Waals surface area (Å²) >= 11 is 0. The van der Waals surface area contributed by atoms with Crippen LogP contribution < -0.4 is 4.90 Å². The Bertz CT molecular complexity index is 1090. The molecule has 0 N–H and O–H groups in total. The van der Waals surface area contributed by atoms with Gasteiger partial charge in [0.1, 0.15) is 0 Å². The Labute approximate surface area is 207 Å². The van der Waals surface area contributed by atoms with E-state index < -0.39 is 5.97 Å². The number of hydrogen-bond acceptors (Lipinski definition) is 5. The molecule has 1 saturated carbocycles. The molecule has 2 aromatic carbocycles. The number of anilines is 1. The molecule has 0 aromatic heterocycles. The molecule has 2 saturated heterocycles. The first-order valence-corrected chi connectivity index (χ1v) is 12.9. The molecule has 0 radical (unpaired) electrons. The van der Waals surface area contributed by atoms with Gasteiger partial charge in [-0.2, -0.15) is 0 Å². The van der Waals surface area contributed by atoms with Crippen molar-refractivity contribution in [1.82, 2.24) is 4.90 Å². The highest BCUT2D eigenvalue weighted by Crippen LogP contribution is 2.38. The van der Waals surface area contributed by atoms with Crippen molar-refractivity contribution < 1.29 is 19.1 Å². The SMILES string of the molecule is CC1CC(=O)N(c2ccccc2C(=O)OC[C@H]2C[C@H]3CCCC[C@H]3N(Cc3ccccc3)C2)C1=O. The lowest BCUT2D eigenvalue weighted by atomic mass is 9.75. The molecule has 35 heavy (non-hydrogen) atoms. The van der Waals surface area contributed by atoms with Crippen molar-refractivity contribution in [2.75, 3.05) is 18.1 Å². The molecular weight excluding hydrogens is 440 g/mol. The third kappa shape index (κ3) is 5.03. The molecule has 1 aliphatic carbocycles. The number of imide groups is 1. The lowest BCUT2D eigenvalue weighted by Gasteiger charge is -2.47. The number of nitrogens with zero attached hydrogens (tertiary/aromatic N) is 2. The summed E-state index contributed by atoms with van der Waals surface area (Å²) in [7, 11) is 0. The molecule has 2 aromatic rings. The van der Waals surface area contributed by atoms with Crippen LogP contribution in [0.25, 0.3) is 0 Å². The minimum absolute atomic E-state index is 0.171. The standard InChI is InChI=1S/C29H34N2O4/c1-20-15-27(32)31(28(20)33)26-14-8-6-12-24(26)29(34)35-19-22-16-23-11-5-7-13-25(23)30(18-22)17-21-9-3-2-4-10-21/h2-4,6,8-10,12,14,20,22-23,25H,5,7,11,13,15-19H2,1H3/t20?,22-,23+,25+/m0/s1. The monoisotopic (exact) mass is 474 g/mol. The van der Waals surface area contributed by atoms with Gasteiger partial charge in [0, 0.05) is 37.4 Å². The first-order chi connectivity index (χ1) is 17.0. The molecule has 5 rings (SSSR count). The van der Waals surface area contributed by atoms with E-state index in [1.165, 1.54) is 31.2 Å². The summed E-state index contributed by atoms with van der Waals surface area (Å²) in [5.41, 5.74) is 1.92.